The van der Waals surface area contributed by atoms with Crippen molar-refractivity contribution < 1.29 is 4.74 Å². The third-order valence-electron chi connectivity index (χ3n) is 3.74. The summed E-state index contributed by atoms with van der Waals surface area (Å²) in [6.45, 7) is 0. The second-order valence-corrected chi connectivity index (χ2v) is 5.41. The van der Waals surface area contributed by atoms with E-state index in [4.69, 9.17) is 4.74 Å². The Morgan fingerprint density at radius 2 is 1.17 bits per heavy atom. The van der Waals surface area contributed by atoms with Gasteiger partial charge in [0.1, 0.15) is 0 Å². The van der Waals surface area contributed by atoms with Gasteiger partial charge in [0.2, 0.25) is 5.90 Å². The lowest BCUT2D eigenvalue weighted by Crippen LogP contribution is -2.21. The zero-order valence-electron chi connectivity index (χ0n) is 13.0. The highest BCUT2D eigenvalue weighted by molar-refractivity contribution is 5.99. The van der Waals surface area contributed by atoms with Gasteiger partial charge in [0.15, 0.2) is 5.76 Å². The van der Waals surface area contributed by atoms with E-state index in [2.05, 4.69) is 5.10 Å². The minimum atomic E-state index is 0.584. The summed E-state index contributed by atoms with van der Waals surface area (Å²) in [5.74, 6) is 1.36. The third kappa shape index (κ3) is 2.92. The maximum Gasteiger partial charge on any atom is 0.244 e. The molecule has 1 heterocycles. The van der Waals surface area contributed by atoms with Crippen LogP contribution in [0.3, 0.4) is 0 Å². The minimum Gasteiger partial charge on any atom is -0.435 e. The average Bonchev–Trinajstić information content (AvgIpc) is 2.70. The van der Waals surface area contributed by atoms with Crippen molar-refractivity contribution >= 4 is 17.3 Å². The van der Waals surface area contributed by atoms with Crippen LogP contribution in [-0.4, -0.2) is 5.90 Å². The SMILES string of the molecule is C1=C(c2ccccc2)OC(c2ccccc2)=NN1c1ccccc1. The fourth-order valence-electron chi connectivity index (χ4n) is 2.53. The van der Waals surface area contributed by atoms with E-state index in [-0.39, 0.29) is 0 Å². The molecule has 3 heteroatoms. The van der Waals surface area contributed by atoms with Crippen molar-refractivity contribution in [2.75, 3.05) is 5.01 Å². The molecule has 1 aliphatic heterocycles. The van der Waals surface area contributed by atoms with Gasteiger partial charge in [-0.1, -0.05) is 66.7 Å². The van der Waals surface area contributed by atoms with Gasteiger partial charge >= 0.3 is 0 Å². The maximum atomic E-state index is 6.08. The first kappa shape index (κ1) is 14.3. The molecule has 0 saturated carbocycles. The molecule has 0 saturated heterocycles. The second-order valence-electron chi connectivity index (χ2n) is 5.41. The molecule has 116 valence electrons. The van der Waals surface area contributed by atoms with E-state index in [1.807, 2.05) is 102 Å². The Labute approximate surface area is 141 Å². The van der Waals surface area contributed by atoms with Gasteiger partial charge in [0, 0.05) is 11.1 Å². The predicted octanol–water partition coefficient (Wildman–Crippen LogP) is 4.88. The fraction of sp³-hybridized carbons (Fsp3) is 0. The molecular formula is C21H16N2O. The lowest BCUT2D eigenvalue weighted by atomic mass is 10.1. The van der Waals surface area contributed by atoms with Crippen molar-refractivity contribution in [2.45, 2.75) is 0 Å². The van der Waals surface area contributed by atoms with Crippen LogP contribution in [-0.2, 0) is 4.74 Å². The molecule has 3 aromatic rings. The Bertz CT molecular complexity index is 816. The number of hydrogen-bond donors (Lipinski definition) is 0. The van der Waals surface area contributed by atoms with Crippen molar-refractivity contribution in [3.63, 3.8) is 0 Å². The smallest absolute Gasteiger partial charge is 0.244 e. The molecule has 0 atom stereocenters. The van der Waals surface area contributed by atoms with E-state index < -0.39 is 0 Å². The van der Waals surface area contributed by atoms with Crippen molar-refractivity contribution in [1.82, 2.24) is 0 Å². The van der Waals surface area contributed by atoms with Crippen LogP contribution < -0.4 is 5.01 Å². The second kappa shape index (κ2) is 6.42. The first-order chi connectivity index (χ1) is 11.9. The molecule has 3 nitrogen and oxygen atoms in total. The van der Waals surface area contributed by atoms with E-state index in [0.29, 0.717) is 5.90 Å². The number of nitrogens with zero attached hydrogens (tertiary/aromatic N) is 2. The molecule has 3 aromatic carbocycles. The monoisotopic (exact) mass is 312 g/mol. The summed E-state index contributed by atoms with van der Waals surface area (Å²) < 4.78 is 6.08. The molecule has 0 radical (unpaired) electrons. The number of hydrogen-bond acceptors (Lipinski definition) is 3. The average molecular weight is 312 g/mol. The van der Waals surface area contributed by atoms with E-state index in [9.17, 15) is 0 Å². The van der Waals surface area contributed by atoms with Crippen molar-refractivity contribution in [2.24, 2.45) is 5.10 Å². The minimum absolute atomic E-state index is 0.584. The van der Waals surface area contributed by atoms with Crippen LogP contribution >= 0.6 is 0 Å². The molecule has 0 N–H and O–H groups in total. The Kier molecular flexibility index (Phi) is 3.82. The summed E-state index contributed by atoms with van der Waals surface area (Å²) in [7, 11) is 0. The van der Waals surface area contributed by atoms with Gasteiger partial charge in [-0.15, -0.1) is 5.10 Å². The Morgan fingerprint density at radius 3 is 1.79 bits per heavy atom. The normalized spacial score (nSPS) is 13.8. The van der Waals surface area contributed by atoms with E-state index in [1.54, 1.807) is 0 Å². The molecule has 4 rings (SSSR count). The largest absolute Gasteiger partial charge is 0.435 e. The summed E-state index contributed by atoms with van der Waals surface area (Å²) in [4.78, 5) is 0. The zero-order chi connectivity index (χ0) is 16.2. The van der Waals surface area contributed by atoms with Crippen LogP contribution in [0, 0.1) is 0 Å². The molecular weight excluding hydrogens is 296 g/mol. The summed E-state index contributed by atoms with van der Waals surface area (Å²) >= 11 is 0. The Morgan fingerprint density at radius 1 is 0.625 bits per heavy atom. The first-order valence-corrected chi connectivity index (χ1v) is 7.83. The van der Waals surface area contributed by atoms with Crippen molar-refractivity contribution in [3.05, 3.63) is 108 Å². The lowest BCUT2D eigenvalue weighted by Gasteiger charge is -2.24. The summed E-state index contributed by atoms with van der Waals surface area (Å²) in [6, 6.07) is 30.0. The summed E-state index contributed by atoms with van der Waals surface area (Å²) in [5, 5.41) is 6.50. The van der Waals surface area contributed by atoms with Crippen LogP contribution in [0.15, 0.2) is 102 Å². The maximum absolute atomic E-state index is 6.08. The molecule has 24 heavy (non-hydrogen) atoms. The Hall–Kier alpha value is -3.33. The molecule has 0 aliphatic carbocycles. The fourth-order valence-corrected chi connectivity index (χ4v) is 2.53. The van der Waals surface area contributed by atoms with Crippen LogP contribution in [0.2, 0.25) is 0 Å². The highest BCUT2D eigenvalue weighted by Gasteiger charge is 2.19. The number of rotatable bonds is 3. The molecule has 0 spiro atoms. The quantitative estimate of drug-likeness (QED) is 0.688. The van der Waals surface area contributed by atoms with Crippen LogP contribution in [0.1, 0.15) is 11.1 Å². The first-order valence-electron chi connectivity index (χ1n) is 7.83. The molecule has 0 bridgehead atoms. The molecule has 1 aliphatic rings. The number of hydrazone groups is 1. The van der Waals surface area contributed by atoms with E-state index >= 15 is 0 Å². The highest BCUT2D eigenvalue weighted by atomic mass is 16.5. The summed E-state index contributed by atoms with van der Waals surface area (Å²) in [5.41, 5.74) is 2.95. The van der Waals surface area contributed by atoms with Gasteiger partial charge < -0.3 is 4.74 Å². The van der Waals surface area contributed by atoms with E-state index in [1.165, 1.54) is 0 Å². The van der Waals surface area contributed by atoms with Crippen molar-refractivity contribution in [1.29, 1.82) is 0 Å². The van der Waals surface area contributed by atoms with Crippen molar-refractivity contribution in [3.8, 4) is 0 Å². The molecule has 0 unspecified atom stereocenters. The lowest BCUT2D eigenvalue weighted by molar-refractivity contribution is 0.493. The number of para-hydroxylation sites is 1. The molecule has 0 fully saturated rings. The van der Waals surface area contributed by atoms with Gasteiger partial charge in [-0.3, -0.25) is 0 Å². The molecule has 0 amide bonds. The van der Waals surface area contributed by atoms with E-state index in [0.717, 1.165) is 22.6 Å². The zero-order valence-corrected chi connectivity index (χ0v) is 13.0. The number of ether oxygens (including phenoxy) is 1. The van der Waals surface area contributed by atoms with Gasteiger partial charge in [0.05, 0.1) is 11.9 Å². The third-order valence-corrected chi connectivity index (χ3v) is 3.74. The van der Waals surface area contributed by atoms with Gasteiger partial charge in [0.25, 0.3) is 0 Å². The topological polar surface area (TPSA) is 24.8 Å². The van der Waals surface area contributed by atoms with Gasteiger partial charge in [-0.2, -0.15) is 0 Å². The number of benzene rings is 3. The van der Waals surface area contributed by atoms with Crippen LogP contribution in [0.25, 0.3) is 5.76 Å². The van der Waals surface area contributed by atoms with Gasteiger partial charge in [-0.05, 0) is 24.3 Å². The standard InChI is InChI=1S/C21H16N2O/c1-4-10-17(11-5-1)20-16-23(19-14-8-3-9-15-19)22-21(24-20)18-12-6-2-7-13-18/h1-16H. The predicted molar refractivity (Wildman–Crippen MR) is 97.4 cm³/mol. The van der Waals surface area contributed by atoms with Crippen LogP contribution in [0.4, 0.5) is 5.69 Å². The molecule has 0 aromatic heterocycles. The highest BCUT2D eigenvalue weighted by Crippen LogP contribution is 2.26. The van der Waals surface area contributed by atoms with Gasteiger partial charge in [-0.25, -0.2) is 5.01 Å². The Balaban J connectivity index is 1.78. The van der Waals surface area contributed by atoms with Crippen LogP contribution in [0.5, 0.6) is 0 Å². The summed E-state index contributed by atoms with van der Waals surface area (Å²) in [6.07, 6.45) is 1.91. The number of anilines is 1.